The molecular weight excluding hydrogens is 787 g/mol. The Morgan fingerprint density at radius 3 is 1.04 bits per heavy atom. The maximum Gasteiger partial charge on any atom is 0.313 e. The van der Waals surface area contributed by atoms with Crippen molar-refractivity contribution in [2.24, 2.45) is 0 Å². The minimum Gasteiger partial charge on any atom is -0.420 e. The molecule has 0 bridgehead atoms. The third-order valence-electron chi connectivity index (χ3n) is 6.68. The molecule has 320 valence electrons. The van der Waals surface area contributed by atoms with Gasteiger partial charge in [0.15, 0.2) is 0 Å². The van der Waals surface area contributed by atoms with Crippen LogP contribution in [0.15, 0.2) is 35.2 Å². The van der Waals surface area contributed by atoms with Crippen LogP contribution in [0.25, 0.3) is 0 Å². The summed E-state index contributed by atoms with van der Waals surface area (Å²) in [5.41, 5.74) is 0. The lowest BCUT2D eigenvalue weighted by atomic mass is 10.2. The van der Waals surface area contributed by atoms with E-state index in [-0.39, 0.29) is 44.5 Å². The summed E-state index contributed by atoms with van der Waals surface area (Å²) in [6.07, 6.45) is -0.496. The highest BCUT2D eigenvalue weighted by atomic mass is 32.2. The van der Waals surface area contributed by atoms with Gasteiger partial charge in [-0.25, -0.2) is 13.2 Å². The molecule has 0 aliphatic heterocycles. The first-order valence-electron chi connectivity index (χ1n) is 17.6. The molecule has 15 nitrogen and oxygen atoms in total. The summed E-state index contributed by atoms with van der Waals surface area (Å²) >= 11 is 0. The molecule has 0 atom stereocenters. The Hall–Kier alpha value is -2.93. The van der Waals surface area contributed by atoms with Gasteiger partial charge in [-0.2, -0.15) is 17.2 Å². The van der Waals surface area contributed by atoms with Crippen molar-refractivity contribution in [2.75, 3.05) is 139 Å². The highest BCUT2D eigenvalue weighted by molar-refractivity contribution is 7.86. The normalized spacial score (nSPS) is 11.7. The quantitative estimate of drug-likeness (QED) is 0.0187. The Morgan fingerprint density at radius 1 is 0.411 bits per heavy atom. The van der Waals surface area contributed by atoms with E-state index in [4.69, 9.17) is 51.6 Å². The molecular formula is C35H49F5O15S. The molecule has 21 heteroatoms. The van der Waals surface area contributed by atoms with Crippen molar-refractivity contribution in [3.8, 4) is 5.75 Å². The average molecular weight is 837 g/mol. The number of hydrogen-bond donors (Lipinski definition) is 0. The summed E-state index contributed by atoms with van der Waals surface area (Å²) in [6.45, 7) is 5.93. The number of benzene rings is 2. The molecule has 0 aromatic heterocycles. The largest absolute Gasteiger partial charge is 0.420 e. The van der Waals surface area contributed by atoms with Gasteiger partial charge in [-0.05, 0) is 12.1 Å². The molecule has 2 aromatic rings. The van der Waals surface area contributed by atoms with Crippen molar-refractivity contribution in [3.63, 3.8) is 0 Å². The van der Waals surface area contributed by atoms with Gasteiger partial charge in [-0.3, -0.25) is 8.98 Å². The van der Waals surface area contributed by atoms with E-state index >= 15 is 0 Å². The third-order valence-corrected chi connectivity index (χ3v) is 8.01. The first-order valence-corrected chi connectivity index (χ1v) is 19.0. The van der Waals surface area contributed by atoms with Crippen molar-refractivity contribution >= 4 is 16.1 Å². The van der Waals surface area contributed by atoms with Gasteiger partial charge in [0.05, 0.1) is 150 Å². The first-order chi connectivity index (χ1) is 27.1. The predicted octanol–water partition coefficient (Wildman–Crippen LogP) is 3.25. The molecule has 0 heterocycles. The number of carbonyl (C=O) groups is 1. The second-order valence-electron chi connectivity index (χ2n) is 10.8. The molecule has 0 saturated heterocycles. The molecule has 0 aliphatic rings. The smallest absolute Gasteiger partial charge is 0.313 e. The van der Waals surface area contributed by atoms with Crippen LogP contribution in [0.2, 0.25) is 0 Å². The van der Waals surface area contributed by atoms with E-state index in [1.165, 1.54) is 12.1 Å². The molecule has 0 aliphatic carbocycles. The number of rotatable bonds is 36. The minimum absolute atomic E-state index is 0.0695. The molecule has 0 radical (unpaired) electrons. The molecule has 2 rings (SSSR count). The van der Waals surface area contributed by atoms with E-state index in [1.807, 2.05) is 0 Å². The standard InChI is InChI=1S/C35H49F5O15S/c36-30-31(37)33(39)35(34(40)32(30)38)55-29(41)6-7-44-8-9-45-10-11-46-12-13-47-14-15-48-16-17-49-18-19-50-20-21-51-22-23-52-24-25-53-26-27-54-56(42,43)28-4-2-1-3-5-28/h1-5H,6-27H2. The molecule has 0 amide bonds. The van der Waals surface area contributed by atoms with Gasteiger partial charge >= 0.3 is 5.97 Å². The number of esters is 1. The zero-order valence-corrected chi connectivity index (χ0v) is 31.7. The van der Waals surface area contributed by atoms with Crippen LogP contribution < -0.4 is 4.74 Å². The topological polar surface area (TPSA) is 162 Å². The van der Waals surface area contributed by atoms with Crippen LogP contribution >= 0.6 is 0 Å². The second kappa shape index (κ2) is 31.1. The van der Waals surface area contributed by atoms with Gasteiger partial charge in [0.1, 0.15) is 0 Å². The van der Waals surface area contributed by atoms with Gasteiger partial charge in [0, 0.05) is 0 Å². The average Bonchev–Trinajstić information content (AvgIpc) is 3.20. The third kappa shape index (κ3) is 22.1. The zero-order chi connectivity index (χ0) is 40.7. The van der Waals surface area contributed by atoms with Crippen LogP contribution in [0, 0.1) is 29.1 Å². The van der Waals surface area contributed by atoms with Crippen molar-refractivity contribution in [3.05, 3.63) is 59.4 Å². The molecule has 0 N–H and O–H groups in total. The number of hydrogen-bond acceptors (Lipinski definition) is 15. The number of carbonyl (C=O) groups excluding carboxylic acids is 1. The summed E-state index contributed by atoms with van der Waals surface area (Å²) in [4.78, 5) is 11.8. The number of halogens is 5. The summed E-state index contributed by atoms with van der Waals surface area (Å²) in [5.74, 6) is -14.2. The fourth-order valence-electron chi connectivity index (χ4n) is 3.93. The van der Waals surface area contributed by atoms with Crippen LogP contribution in [0.3, 0.4) is 0 Å². The van der Waals surface area contributed by atoms with E-state index < -0.39 is 57.3 Å². The lowest BCUT2D eigenvalue weighted by Crippen LogP contribution is -2.16. The maximum absolute atomic E-state index is 13.6. The van der Waals surface area contributed by atoms with Gasteiger partial charge < -0.3 is 52.1 Å². The predicted molar refractivity (Wildman–Crippen MR) is 184 cm³/mol. The van der Waals surface area contributed by atoms with Crippen molar-refractivity contribution < 1.29 is 91.5 Å². The summed E-state index contributed by atoms with van der Waals surface area (Å²) in [7, 11) is -3.78. The maximum atomic E-state index is 13.6. The molecule has 0 saturated carbocycles. The summed E-state index contributed by atoms with van der Waals surface area (Å²) < 4.78 is 153. The Labute approximate surface area is 322 Å². The van der Waals surface area contributed by atoms with Crippen molar-refractivity contribution in [2.45, 2.75) is 11.3 Å². The zero-order valence-electron chi connectivity index (χ0n) is 30.9. The Bertz CT molecular complexity index is 1420. The highest BCUT2D eigenvalue weighted by Crippen LogP contribution is 2.29. The lowest BCUT2D eigenvalue weighted by Gasteiger charge is -2.09. The lowest BCUT2D eigenvalue weighted by molar-refractivity contribution is -0.136. The van der Waals surface area contributed by atoms with Crippen LogP contribution in [0.5, 0.6) is 5.75 Å². The van der Waals surface area contributed by atoms with Crippen LogP contribution in [-0.2, 0) is 66.5 Å². The molecule has 0 fully saturated rings. The monoisotopic (exact) mass is 836 g/mol. The molecule has 0 spiro atoms. The van der Waals surface area contributed by atoms with E-state index in [0.29, 0.717) is 99.1 Å². The van der Waals surface area contributed by atoms with E-state index in [0.717, 1.165) is 0 Å². The van der Waals surface area contributed by atoms with E-state index in [1.54, 1.807) is 18.2 Å². The fraction of sp³-hybridized carbons (Fsp3) is 0.629. The Morgan fingerprint density at radius 2 is 0.696 bits per heavy atom. The van der Waals surface area contributed by atoms with Crippen LogP contribution in [-0.4, -0.2) is 153 Å². The van der Waals surface area contributed by atoms with Gasteiger partial charge in [-0.1, -0.05) is 18.2 Å². The van der Waals surface area contributed by atoms with Crippen LogP contribution in [0.1, 0.15) is 6.42 Å². The highest BCUT2D eigenvalue weighted by Gasteiger charge is 2.28. The fourth-order valence-corrected chi connectivity index (χ4v) is 4.85. The van der Waals surface area contributed by atoms with E-state index in [9.17, 15) is 35.2 Å². The van der Waals surface area contributed by atoms with Gasteiger partial charge in [-0.15, -0.1) is 0 Å². The van der Waals surface area contributed by atoms with Crippen molar-refractivity contribution in [1.29, 1.82) is 0 Å². The second-order valence-corrected chi connectivity index (χ2v) is 12.5. The minimum atomic E-state index is -3.78. The van der Waals surface area contributed by atoms with Crippen LogP contribution in [0.4, 0.5) is 22.0 Å². The summed E-state index contributed by atoms with van der Waals surface area (Å²) in [6, 6.07) is 7.88. The Balaban J connectivity index is 1.21. The molecule has 56 heavy (non-hydrogen) atoms. The molecule has 2 aromatic carbocycles. The van der Waals surface area contributed by atoms with Gasteiger partial charge in [0.25, 0.3) is 10.1 Å². The number of ether oxygens (including phenoxy) is 11. The van der Waals surface area contributed by atoms with Crippen molar-refractivity contribution in [1.82, 2.24) is 0 Å². The first kappa shape index (κ1) is 49.2. The van der Waals surface area contributed by atoms with E-state index in [2.05, 4.69) is 4.74 Å². The molecule has 0 unspecified atom stereocenters. The Kier molecular flexibility index (Phi) is 27.3. The van der Waals surface area contributed by atoms with Gasteiger partial charge in [0.2, 0.25) is 34.8 Å². The SMILES string of the molecule is O=C(CCOCCOCCOCCOCCOCCOCCOCCOCCOCCOCCOS(=O)(=O)c1ccccc1)Oc1c(F)c(F)c(F)c(F)c1F. The summed E-state index contributed by atoms with van der Waals surface area (Å²) in [5, 5.41) is 0.